The molecule has 1 saturated heterocycles. The Balaban J connectivity index is 1.44. The van der Waals surface area contributed by atoms with Gasteiger partial charge >= 0.3 is 0 Å². The number of aryl methyl sites for hydroxylation is 1. The second-order valence-corrected chi connectivity index (χ2v) is 9.05. The van der Waals surface area contributed by atoms with Crippen molar-refractivity contribution in [3.8, 4) is 11.3 Å². The topological polar surface area (TPSA) is 135 Å². The van der Waals surface area contributed by atoms with Gasteiger partial charge in [0, 0.05) is 50.2 Å². The van der Waals surface area contributed by atoms with E-state index in [1.807, 2.05) is 9.58 Å². The Morgan fingerprint density at radius 1 is 1.14 bits per heavy atom. The number of pyridine rings is 1. The fraction of sp³-hybridized carbons (Fsp3) is 0.280. The zero-order chi connectivity index (χ0) is 24.8. The van der Waals surface area contributed by atoms with Gasteiger partial charge < -0.3 is 15.5 Å². The van der Waals surface area contributed by atoms with E-state index in [4.69, 9.17) is 15.8 Å². The first-order chi connectivity index (χ1) is 17.5. The third-order valence-corrected chi connectivity index (χ3v) is 6.77. The Morgan fingerprint density at radius 3 is 2.72 bits per heavy atom. The molecule has 0 bridgehead atoms. The number of nitrogens with two attached hydrogens (primary N) is 1. The van der Waals surface area contributed by atoms with Crippen molar-refractivity contribution in [1.29, 1.82) is 0 Å². The Hall–Kier alpha value is -4.54. The van der Waals surface area contributed by atoms with E-state index in [0.29, 0.717) is 42.2 Å². The molecule has 4 aromatic heterocycles. The molecule has 5 aromatic rings. The number of nitrogen functional groups attached to an aromatic ring is 1. The van der Waals surface area contributed by atoms with Crippen LogP contribution in [0.4, 0.5) is 11.6 Å². The fourth-order valence-electron chi connectivity index (χ4n) is 4.94. The highest BCUT2D eigenvalue weighted by Gasteiger charge is 2.23. The smallest absolute Gasteiger partial charge is 0.219 e. The van der Waals surface area contributed by atoms with Crippen LogP contribution in [-0.4, -0.2) is 71.9 Å². The van der Waals surface area contributed by atoms with E-state index in [1.165, 1.54) is 11.9 Å². The van der Waals surface area contributed by atoms with Crippen LogP contribution in [0.15, 0.2) is 43.0 Å². The number of amides is 1. The highest BCUT2D eigenvalue weighted by molar-refractivity contribution is 5.98. The van der Waals surface area contributed by atoms with E-state index in [0.717, 1.165) is 40.9 Å². The van der Waals surface area contributed by atoms with Crippen molar-refractivity contribution in [2.45, 2.75) is 20.4 Å². The summed E-state index contributed by atoms with van der Waals surface area (Å²) in [6.45, 7) is 6.98. The van der Waals surface area contributed by atoms with E-state index in [-0.39, 0.29) is 5.91 Å². The standard InChI is InChI=1S/C25H26N10O/c1-15-4-3-5-17-10-19(31-25(20(15)17)34-8-6-33(7-9-34)16(2)36)13-35-24-21(23(26)27-14-28-24)22(32-35)18-11-29-30-12-18/h3-5,10-12,14H,6-9,13H2,1-2H3,(H,29,30)(H2,26,27,28). The van der Waals surface area contributed by atoms with Crippen molar-refractivity contribution in [1.82, 2.24) is 39.8 Å². The summed E-state index contributed by atoms with van der Waals surface area (Å²) in [5.74, 6) is 1.41. The summed E-state index contributed by atoms with van der Waals surface area (Å²) in [6.07, 6.45) is 4.93. The average Bonchev–Trinajstić information content (AvgIpc) is 3.53. The molecule has 5 heterocycles. The van der Waals surface area contributed by atoms with Crippen LogP contribution in [-0.2, 0) is 11.3 Å². The molecule has 1 fully saturated rings. The van der Waals surface area contributed by atoms with E-state index in [9.17, 15) is 4.79 Å². The fourth-order valence-corrected chi connectivity index (χ4v) is 4.94. The first-order valence-electron chi connectivity index (χ1n) is 11.9. The summed E-state index contributed by atoms with van der Waals surface area (Å²) in [4.78, 5) is 29.8. The van der Waals surface area contributed by atoms with Crippen molar-refractivity contribution >= 4 is 39.3 Å². The number of carbonyl (C=O) groups is 1. The molecule has 0 radical (unpaired) electrons. The first-order valence-corrected chi connectivity index (χ1v) is 11.9. The minimum atomic E-state index is 0.109. The number of nitrogens with one attached hydrogen (secondary N) is 1. The van der Waals surface area contributed by atoms with Gasteiger partial charge in [-0.2, -0.15) is 10.2 Å². The van der Waals surface area contributed by atoms with Gasteiger partial charge in [0.15, 0.2) is 5.65 Å². The summed E-state index contributed by atoms with van der Waals surface area (Å²) in [6, 6.07) is 8.39. The molecule has 11 nitrogen and oxygen atoms in total. The van der Waals surface area contributed by atoms with Crippen LogP contribution in [0.5, 0.6) is 0 Å². The van der Waals surface area contributed by atoms with Crippen LogP contribution < -0.4 is 10.6 Å². The number of rotatable bonds is 4. The maximum Gasteiger partial charge on any atom is 0.219 e. The summed E-state index contributed by atoms with van der Waals surface area (Å²) >= 11 is 0. The number of fused-ring (bicyclic) bond motifs is 2. The number of benzene rings is 1. The van der Waals surface area contributed by atoms with Gasteiger partial charge in [0.2, 0.25) is 5.91 Å². The summed E-state index contributed by atoms with van der Waals surface area (Å²) < 4.78 is 1.82. The molecule has 1 aliphatic rings. The van der Waals surface area contributed by atoms with Gasteiger partial charge in [-0.15, -0.1) is 0 Å². The molecule has 0 unspecified atom stereocenters. The van der Waals surface area contributed by atoms with Crippen LogP contribution in [0.2, 0.25) is 0 Å². The van der Waals surface area contributed by atoms with Crippen LogP contribution in [0, 0.1) is 6.92 Å². The molecule has 0 atom stereocenters. The predicted octanol–water partition coefficient (Wildman–Crippen LogP) is 2.37. The number of carbonyl (C=O) groups excluding carboxylic acids is 1. The van der Waals surface area contributed by atoms with E-state index < -0.39 is 0 Å². The van der Waals surface area contributed by atoms with E-state index >= 15 is 0 Å². The highest BCUT2D eigenvalue weighted by Crippen LogP contribution is 2.32. The second-order valence-electron chi connectivity index (χ2n) is 9.05. The van der Waals surface area contributed by atoms with Gasteiger partial charge in [0.25, 0.3) is 0 Å². The molecular weight excluding hydrogens is 456 g/mol. The van der Waals surface area contributed by atoms with Gasteiger partial charge in [-0.25, -0.2) is 19.6 Å². The predicted molar refractivity (Wildman–Crippen MR) is 137 cm³/mol. The number of nitrogens with zero attached hydrogens (tertiary/aromatic N) is 8. The largest absolute Gasteiger partial charge is 0.383 e. The molecule has 1 amide bonds. The number of H-pyrrole nitrogens is 1. The van der Waals surface area contributed by atoms with Crippen molar-refractivity contribution in [3.05, 3.63) is 54.2 Å². The molecule has 1 aromatic carbocycles. The minimum Gasteiger partial charge on any atom is -0.383 e. The van der Waals surface area contributed by atoms with E-state index in [1.54, 1.807) is 19.3 Å². The SMILES string of the molecule is CC(=O)N1CCN(c2nc(Cn3nc(-c4cn[nH]c4)c4c(N)ncnc43)cc3cccc(C)c23)CC1. The third kappa shape index (κ3) is 3.69. The Morgan fingerprint density at radius 2 is 1.97 bits per heavy atom. The second kappa shape index (κ2) is 8.59. The Labute approximate surface area is 207 Å². The lowest BCUT2D eigenvalue weighted by Gasteiger charge is -2.35. The van der Waals surface area contributed by atoms with Crippen molar-refractivity contribution in [3.63, 3.8) is 0 Å². The molecule has 0 spiro atoms. The summed E-state index contributed by atoms with van der Waals surface area (Å²) in [5.41, 5.74) is 10.4. The molecule has 0 saturated carbocycles. The third-order valence-electron chi connectivity index (χ3n) is 6.77. The maximum absolute atomic E-state index is 11.8. The molecule has 3 N–H and O–H groups in total. The number of aromatic amines is 1. The lowest BCUT2D eigenvalue weighted by molar-refractivity contribution is -0.129. The molecule has 11 heteroatoms. The number of anilines is 2. The Bertz CT molecular complexity index is 1580. The zero-order valence-corrected chi connectivity index (χ0v) is 20.1. The first kappa shape index (κ1) is 22.0. The molecule has 36 heavy (non-hydrogen) atoms. The molecule has 0 aliphatic carbocycles. The number of hydrogen-bond acceptors (Lipinski definition) is 8. The van der Waals surface area contributed by atoms with E-state index in [2.05, 4.69) is 56.3 Å². The van der Waals surface area contributed by atoms with Gasteiger partial charge in [0.05, 0.1) is 23.8 Å². The Kier molecular flexibility index (Phi) is 5.24. The summed E-state index contributed by atoms with van der Waals surface area (Å²) in [5, 5.41) is 14.7. The molecule has 182 valence electrons. The van der Waals surface area contributed by atoms with Crippen LogP contribution >= 0.6 is 0 Å². The molecule has 1 aliphatic heterocycles. The van der Waals surface area contributed by atoms with Gasteiger partial charge in [-0.1, -0.05) is 18.2 Å². The lowest BCUT2D eigenvalue weighted by atomic mass is 10.0. The molecular formula is C25H26N10O. The average molecular weight is 483 g/mol. The summed E-state index contributed by atoms with van der Waals surface area (Å²) in [7, 11) is 0. The number of aromatic nitrogens is 7. The van der Waals surface area contributed by atoms with Crippen LogP contribution in [0.3, 0.4) is 0 Å². The highest BCUT2D eigenvalue weighted by atomic mass is 16.2. The quantitative estimate of drug-likeness (QED) is 0.399. The van der Waals surface area contributed by atoms with Gasteiger partial charge in [-0.3, -0.25) is 9.89 Å². The van der Waals surface area contributed by atoms with Crippen LogP contribution in [0.1, 0.15) is 18.2 Å². The van der Waals surface area contributed by atoms with Gasteiger partial charge in [0.1, 0.15) is 23.7 Å². The molecule has 6 rings (SSSR count). The monoisotopic (exact) mass is 482 g/mol. The van der Waals surface area contributed by atoms with Gasteiger partial charge in [-0.05, 0) is 23.9 Å². The lowest BCUT2D eigenvalue weighted by Crippen LogP contribution is -2.48. The maximum atomic E-state index is 11.8. The number of hydrogen-bond donors (Lipinski definition) is 2. The minimum absolute atomic E-state index is 0.109. The van der Waals surface area contributed by atoms with Crippen molar-refractivity contribution in [2.75, 3.05) is 36.8 Å². The number of piperazine rings is 1. The van der Waals surface area contributed by atoms with Crippen molar-refractivity contribution < 1.29 is 4.79 Å². The normalized spacial score (nSPS) is 14.2. The van der Waals surface area contributed by atoms with Crippen molar-refractivity contribution in [2.24, 2.45) is 0 Å². The van der Waals surface area contributed by atoms with Crippen LogP contribution in [0.25, 0.3) is 33.1 Å². The zero-order valence-electron chi connectivity index (χ0n) is 20.1.